The first-order valence-electron chi connectivity index (χ1n) is 5.37. The number of hydrogen-bond donors (Lipinski definition) is 0. The lowest BCUT2D eigenvalue weighted by Crippen LogP contribution is -2.36. The molecule has 0 N–H and O–H groups in total. The van der Waals surface area contributed by atoms with E-state index in [0.717, 1.165) is 0 Å². The molecule has 0 fully saturated rings. The summed E-state index contributed by atoms with van der Waals surface area (Å²) in [5.74, 6) is -0.527. The number of hydrogen-bond acceptors (Lipinski definition) is 3. The Morgan fingerprint density at radius 1 is 1.44 bits per heavy atom. The van der Waals surface area contributed by atoms with E-state index in [9.17, 15) is 4.79 Å². The first-order chi connectivity index (χ1) is 7.12. The zero-order valence-electron chi connectivity index (χ0n) is 11.1. The quantitative estimate of drug-likeness (QED) is 0.329. The minimum absolute atomic E-state index is 0.0201. The number of carbonyl (C=O) groups excluding carboxylic acids is 1. The highest BCUT2D eigenvalue weighted by Crippen LogP contribution is 2.36. The molecule has 5 heteroatoms. The summed E-state index contributed by atoms with van der Waals surface area (Å²) < 4.78 is 10.2. The molecule has 0 radical (unpaired) electrons. The second-order valence-electron chi connectivity index (χ2n) is 5.11. The summed E-state index contributed by atoms with van der Waals surface area (Å²) in [6.07, 6.45) is 0. The van der Waals surface area contributed by atoms with Crippen LogP contribution in [0.2, 0.25) is 18.1 Å². The van der Waals surface area contributed by atoms with Crippen molar-refractivity contribution in [1.29, 1.82) is 0 Å². The van der Waals surface area contributed by atoms with Crippen LogP contribution in [0.25, 0.3) is 0 Å². The van der Waals surface area contributed by atoms with Crippen LogP contribution in [0, 0.1) is 4.23 Å². The maximum Gasteiger partial charge on any atom is 0.566 e. The van der Waals surface area contributed by atoms with Crippen molar-refractivity contribution in [3.63, 3.8) is 0 Å². The average Bonchev–Trinajstić information content (AvgIpc) is 2.12. The molecular formula is C11H22NO3Si+. The molecule has 0 aliphatic rings. The molecule has 0 bridgehead atoms. The Bertz CT molecular complexity index is 303. The molecule has 0 aromatic carbocycles. The molecule has 0 aliphatic heterocycles. The number of nitroso groups, excluding NO2 is 1. The fourth-order valence-corrected chi connectivity index (χ4v) is 1.17. The monoisotopic (exact) mass is 244 g/mol. The van der Waals surface area contributed by atoms with E-state index in [-0.39, 0.29) is 10.7 Å². The van der Waals surface area contributed by atoms with E-state index in [4.69, 9.17) is 8.96 Å². The summed E-state index contributed by atoms with van der Waals surface area (Å²) >= 11 is 0. The number of ether oxygens (including phenoxy) is 1. The topological polar surface area (TPSA) is 50.0 Å². The molecule has 4 nitrogen and oxygen atoms in total. The molecule has 0 heterocycles. The van der Waals surface area contributed by atoms with Crippen molar-refractivity contribution < 1.29 is 9.53 Å². The van der Waals surface area contributed by atoms with Gasteiger partial charge in [-0.3, -0.25) is 0 Å². The predicted octanol–water partition coefficient (Wildman–Crippen LogP) is 3.37. The van der Waals surface area contributed by atoms with Gasteiger partial charge in [0, 0.05) is 18.1 Å². The summed E-state index contributed by atoms with van der Waals surface area (Å²) in [5.41, 5.74) is 0.0201. The average molecular weight is 244 g/mol. The lowest BCUT2D eigenvalue weighted by atomic mass is 10.2. The largest absolute Gasteiger partial charge is 0.566 e. The van der Waals surface area contributed by atoms with Gasteiger partial charge in [-0.05, 0) is 6.92 Å². The van der Waals surface area contributed by atoms with Crippen molar-refractivity contribution in [3.05, 3.63) is 16.5 Å². The molecule has 0 spiro atoms. The molecule has 0 unspecified atom stereocenters. The molecule has 0 aromatic rings. The van der Waals surface area contributed by atoms with Crippen LogP contribution in [-0.4, -0.2) is 20.9 Å². The van der Waals surface area contributed by atoms with Gasteiger partial charge in [0.25, 0.3) is 0 Å². The highest BCUT2D eigenvalue weighted by molar-refractivity contribution is 6.83. The molecule has 0 aliphatic carbocycles. The third-order valence-corrected chi connectivity index (χ3v) is 6.86. The van der Waals surface area contributed by atoms with Crippen molar-refractivity contribution >= 4 is 14.3 Å². The van der Waals surface area contributed by atoms with Crippen LogP contribution in [-0.2, 0) is 9.53 Å². The molecule has 0 atom stereocenters. The fraction of sp³-hybridized carbons (Fsp3) is 0.727. The molecule has 92 valence electrons. The molecule has 0 amide bonds. The van der Waals surface area contributed by atoms with Crippen molar-refractivity contribution in [3.8, 4) is 0 Å². The van der Waals surface area contributed by atoms with E-state index in [1.54, 1.807) is 6.92 Å². The fourth-order valence-electron chi connectivity index (χ4n) is 0.558. The Kier molecular flexibility index (Phi) is 5.06. The summed E-state index contributed by atoms with van der Waals surface area (Å²) in [6.45, 7) is 16.0. The maximum atomic E-state index is 11.2. The van der Waals surface area contributed by atoms with E-state index in [0.29, 0.717) is 6.61 Å². The van der Waals surface area contributed by atoms with Gasteiger partial charge in [0.2, 0.25) is 5.70 Å². The van der Waals surface area contributed by atoms with E-state index < -0.39 is 14.3 Å². The minimum atomic E-state index is -1.97. The van der Waals surface area contributed by atoms with Gasteiger partial charge in [0.1, 0.15) is 5.18 Å². The highest BCUT2D eigenvalue weighted by Gasteiger charge is 2.53. The zero-order valence-corrected chi connectivity index (χ0v) is 12.1. The second kappa shape index (κ2) is 5.38. The van der Waals surface area contributed by atoms with Gasteiger partial charge < -0.3 is 4.74 Å². The van der Waals surface area contributed by atoms with Crippen LogP contribution >= 0.6 is 0 Å². The third-order valence-electron chi connectivity index (χ3n) is 2.70. The number of rotatable bonds is 4. The van der Waals surface area contributed by atoms with Crippen LogP contribution in [0.5, 0.6) is 0 Å². The SMILES string of the molecule is C=C(N=[O+][Si](C)(C)C(C)(C)C)C(=O)OCC. The van der Waals surface area contributed by atoms with Gasteiger partial charge in [0.05, 0.1) is 6.61 Å². The Labute approximate surface area is 98.5 Å². The van der Waals surface area contributed by atoms with Gasteiger partial charge in [-0.1, -0.05) is 27.4 Å². The highest BCUT2D eigenvalue weighted by atomic mass is 28.4. The normalized spacial score (nSPS) is 12.9. The van der Waals surface area contributed by atoms with E-state index >= 15 is 0 Å². The molecule has 0 aromatic heterocycles. The van der Waals surface area contributed by atoms with E-state index in [1.807, 2.05) is 0 Å². The minimum Gasteiger partial charge on any atom is -0.461 e. The van der Waals surface area contributed by atoms with E-state index in [2.05, 4.69) is 45.6 Å². The van der Waals surface area contributed by atoms with Crippen molar-refractivity contribution in [2.24, 2.45) is 5.18 Å². The number of carbonyl (C=O) groups is 1. The molecule has 0 saturated carbocycles. The van der Waals surface area contributed by atoms with Gasteiger partial charge in [0.15, 0.2) is 0 Å². The lowest BCUT2D eigenvalue weighted by Gasteiger charge is -2.18. The van der Waals surface area contributed by atoms with Crippen LogP contribution in [0.15, 0.2) is 17.5 Å². The van der Waals surface area contributed by atoms with Crippen LogP contribution in [0.3, 0.4) is 0 Å². The van der Waals surface area contributed by atoms with E-state index in [1.165, 1.54) is 0 Å². The van der Waals surface area contributed by atoms with Crippen molar-refractivity contribution in [1.82, 2.24) is 0 Å². The van der Waals surface area contributed by atoms with Crippen LogP contribution in [0.4, 0.5) is 0 Å². The van der Waals surface area contributed by atoms with Gasteiger partial charge in [-0.25, -0.2) is 9.02 Å². The number of nitrogens with zero attached hydrogens (tertiary/aromatic N) is 1. The maximum absolute atomic E-state index is 11.2. The van der Waals surface area contributed by atoms with Crippen molar-refractivity contribution in [2.75, 3.05) is 6.61 Å². The zero-order chi connectivity index (χ0) is 13.0. The Hall–Kier alpha value is -0.973. The molecular weight excluding hydrogens is 222 g/mol. The van der Waals surface area contributed by atoms with Crippen LogP contribution in [0.1, 0.15) is 27.7 Å². The summed E-state index contributed by atoms with van der Waals surface area (Å²) in [5, 5.41) is 3.82. The smallest absolute Gasteiger partial charge is 0.461 e. The summed E-state index contributed by atoms with van der Waals surface area (Å²) in [4.78, 5) is 11.2. The summed E-state index contributed by atoms with van der Waals surface area (Å²) in [7, 11) is -1.97. The first kappa shape index (κ1) is 15.0. The van der Waals surface area contributed by atoms with Crippen LogP contribution < -0.4 is 0 Å². The summed E-state index contributed by atoms with van der Waals surface area (Å²) in [6, 6.07) is 0. The predicted molar refractivity (Wildman–Crippen MR) is 68.8 cm³/mol. The molecule has 16 heavy (non-hydrogen) atoms. The Morgan fingerprint density at radius 2 is 1.94 bits per heavy atom. The molecule has 0 saturated heterocycles. The van der Waals surface area contributed by atoms with Gasteiger partial charge in [-0.15, -0.1) is 0 Å². The van der Waals surface area contributed by atoms with Gasteiger partial charge >= 0.3 is 14.3 Å². The van der Waals surface area contributed by atoms with Crippen molar-refractivity contribution in [2.45, 2.75) is 45.8 Å². The van der Waals surface area contributed by atoms with Gasteiger partial charge in [-0.2, -0.15) is 0 Å². The standard InChI is InChI=1S/C11H22NO3Si/c1-8-14-10(13)9(2)12-15-16(6,7)11(3,4)5/h2,8H2,1,3-7H3/q+1. The first-order valence-corrected chi connectivity index (χ1v) is 8.28. The lowest BCUT2D eigenvalue weighted by molar-refractivity contribution is -0.138. The molecule has 0 rings (SSSR count). The second-order valence-corrected chi connectivity index (χ2v) is 9.81. The third kappa shape index (κ3) is 4.26. The Balaban J connectivity index is 4.62. The Morgan fingerprint density at radius 3 is 2.31 bits per heavy atom. The number of esters is 1.